The van der Waals surface area contributed by atoms with Gasteiger partial charge in [-0.25, -0.2) is 4.79 Å². The van der Waals surface area contributed by atoms with Gasteiger partial charge >= 0.3 is 6.09 Å². The number of hydrogen-bond donors (Lipinski definition) is 0. The number of carbonyl (C=O) groups excluding carboxylic acids is 1. The van der Waals surface area contributed by atoms with E-state index in [1.54, 1.807) is 0 Å². The Morgan fingerprint density at radius 3 is 2.48 bits per heavy atom. The van der Waals surface area contributed by atoms with E-state index in [2.05, 4.69) is 29.2 Å². The first-order valence-corrected chi connectivity index (χ1v) is 8.23. The highest BCUT2D eigenvalue weighted by molar-refractivity contribution is 5.68. The monoisotopic (exact) mass is 318 g/mol. The Morgan fingerprint density at radius 2 is 1.91 bits per heavy atom. The third-order valence-electron chi connectivity index (χ3n) is 4.41. The van der Waals surface area contributed by atoms with Crippen LogP contribution < -0.4 is 0 Å². The Labute approximate surface area is 138 Å². The highest BCUT2D eigenvalue weighted by Gasteiger charge is 2.49. The Kier molecular flexibility index (Phi) is 4.34. The van der Waals surface area contributed by atoms with Crippen LogP contribution in [0.15, 0.2) is 30.3 Å². The van der Waals surface area contributed by atoms with Crippen LogP contribution in [0.4, 0.5) is 4.79 Å². The first-order valence-electron chi connectivity index (χ1n) is 8.23. The van der Waals surface area contributed by atoms with Crippen molar-refractivity contribution in [2.24, 2.45) is 0 Å². The minimum absolute atomic E-state index is 0.0645. The summed E-state index contributed by atoms with van der Waals surface area (Å²) in [5.41, 5.74) is 0.775. The fourth-order valence-electron chi connectivity index (χ4n) is 3.16. The van der Waals surface area contributed by atoms with Crippen LogP contribution in [0.1, 0.15) is 26.3 Å². The van der Waals surface area contributed by atoms with Crippen molar-refractivity contribution >= 4 is 6.09 Å². The lowest BCUT2D eigenvalue weighted by Gasteiger charge is -2.55. The molecule has 2 aliphatic heterocycles. The van der Waals surface area contributed by atoms with Gasteiger partial charge in [0.05, 0.1) is 18.8 Å². The molecule has 2 fully saturated rings. The fourth-order valence-corrected chi connectivity index (χ4v) is 3.16. The minimum Gasteiger partial charge on any atom is -0.444 e. The van der Waals surface area contributed by atoms with Crippen molar-refractivity contribution in [3.8, 4) is 0 Å². The van der Waals surface area contributed by atoms with Gasteiger partial charge in [0.1, 0.15) is 5.60 Å². The summed E-state index contributed by atoms with van der Waals surface area (Å²) in [5.74, 6) is 0. The zero-order valence-corrected chi connectivity index (χ0v) is 14.2. The quantitative estimate of drug-likeness (QED) is 0.840. The molecule has 5 heteroatoms. The summed E-state index contributed by atoms with van der Waals surface area (Å²) >= 11 is 0. The Bertz CT molecular complexity index is 549. The predicted molar refractivity (Wildman–Crippen MR) is 88.2 cm³/mol. The molecule has 0 radical (unpaired) electrons. The van der Waals surface area contributed by atoms with Gasteiger partial charge in [0, 0.05) is 26.2 Å². The van der Waals surface area contributed by atoms with Crippen LogP contribution in [0.5, 0.6) is 0 Å². The molecular formula is C18H26N2O3. The van der Waals surface area contributed by atoms with Crippen LogP contribution in [0.25, 0.3) is 0 Å². The maximum Gasteiger partial charge on any atom is 0.410 e. The molecule has 2 aliphatic rings. The number of ether oxygens (including phenoxy) is 2. The van der Waals surface area contributed by atoms with Crippen LogP contribution in [0, 0.1) is 0 Å². The predicted octanol–water partition coefficient (Wildman–Crippen LogP) is 2.51. The van der Waals surface area contributed by atoms with E-state index in [0.29, 0.717) is 26.3 Å². The van der Waals surface area contributed by atoms with Gasteiger partial charge in [-0.15, -0.1) is 0 Å². The molecule has 2 heterocycles. The van der Waals surface area contributed by atoms with Crippen LogP contribution >= 0.6 is 0 Å². The average molecular weight is 318 g/mol. The maximum absolute atomic E-state index is 12.4. The third kappa shape index (κ3) is 3.67. The number of nitrogens with zero attached hydrogens (tertiary/aromatic N) is 2. The second-order valence-corrected chi connectivity index (χ2v) is 7.53. The van der Waals surface area contributed by atoms with Crippen molar-refractivity contribution in [2.75, 3.05) is 32.8 Å². The van der Waals surface area contributed by atoms with E-state index in [4.69, 9.17) is 9.47 Å². The zero-order chi connectivity index (χ0) is 16.5. The molecule has 3 rings (SSSR count). The molecule has 126 valence electrons. The fraction of sp³-hybridized carbons (Fsp3) is 0.611. The molecule has 0 atom stereocenters. The molecule has 0 bridgehead atoms. The number of piperazine rings is 1. The number of rotatable bonds is 2. The Balaban J connectivity index is 1.67. The van der Waals surface area contributed by atoms with Crippen LogP contribution in [0.3, 0.4) is 0 Å². The summed E-state index contributed by atoms with van der Waals surface area (Å²) in [6.07, 6.45) is -0.219. The summed E-state index contributed by atoms with van der Waals surface area (Å²) in [6, 6.07) is 10.5. The summed E-state index contributed by atoms with van der Waals surface area (Å²) in [5, 5.41) is 0. The van der Waals surface area contributed by atoms with Gasteiger partial charge in [0.15, 0.2) is 0 Å². The van der Waals surface area contributed by atoms with Crippen molar-refractivity contribution in [3.05, 3.63) is 35.9 Å². The molecule has 2 saturated heterocycles. The molecular weight excluding hydrogens is 292 g/mol. The van der Waals surface area contributed by atoms with E-state index in [0.717, 1.165) is 13.1 Å². The standard InChI is InChI=1S/C18H26N2O3/c1-17(2,3)23-16(21)19-9-10-20(18(12-19)13-22-14-18)11-15-7-5-4-6-8-15/h4-8H,9-14H2,1-3H3. The smallest absolute Gasteiger partial charge is 0.410 e. The van der Waals surface area contributed by atoms with E-state index < -0.39 is 5.60 Å². The van der Waals surface area contributed by atoms with Gasteiger partial charge in [-0.05, 0) is 26.3 Å². The van der Waals surface area contributed by atoms with Crippen LogP contribution in [-0.4, -0.2) is 59.9 Å². The summed E-state index contributed by atoms with van der Waals surface area (Å²) in [7, 11) is 0. The highest BCUT2D eigenvalue weighted by atomic mass is 16.6. The van der Waals surface area contributed by atoms with Gasteiger partial charge in [0.25, 0.3) is 0 Å². The summed E-state index contributed by atoms with van der Waals surface area (Å²) < 4.78 is 11.0. The van der Waals surface area contributed by atoms with Gasteiger partial charge in [-0.2, -0.15) is 0 Å². The lowest BCUT2D eigenvalue weighted by Crippen LogP contribution is -2.71. The molecule has 0 aromatic heterocycles. The van der Waals surface area contributed by atoms with Gasteiger partial charge < -0.3 is 14.4 Å². The maximum atomic E-state index is 12.4. The largest absolute Gasteiger partial charge is 0.444 e. The SMILES string of the molecule is CC(C)(C)OC(=O)N1CCN(Cc2ccccc2)C2(COC2)C1. The van der Waals surface area contributed by atoms with E-state index in [1.807, 2.05) is 31.7 Å². The number of carbonyl (C=O) groups is 1. The van der Waals surface area contributed by atoms with E-state index in [-0.39, 0.29) is 11.6 Å². The molecule has 5 nitrogen and oxygen atoms in total. The average Bonchev–Trinajstić information content (AvgIpc) is 2.45. The number of hydrogen-bond acceptors (Lipinski definition) is 4. The Hall–Kier alpha value is -1.59. The minimum atomic E-state index is -0.457. The number of benzene rings is 1. The lowest BCUT2D eigenvalue weighted by molar-refractivity contribution is -0.170. The summed E-state index contributed by atoms with van der Waals surface area (Å²) in [4.78, 5) is 16.6. The second-order valence-electron chi connectivity index (χ2n) is 7.53. The van der Waals surface area contributed by atoms with Crippen molar-refractivity contribution in [2.45, 2.75) is 38.5 Å². The Morgan fingerprint density at radius 1 is 1.22 bits per heavy atom. The van der Waals surface area contributed by atoms with Crippen molar-refractivity contribution < 1.29 is 14.3 Å². The van der Waals surface area contributed by atoms with Crippen LogP contribution in [-0.2, 0) is 16.0 Å². The van der Waals surface area contributed by atoms with E-state index in [1.165, 1.54) is 5.56 Å². The lowest BCUT2D eigenvalue weighted by atomic mass is 9.91. The van der Waals surface area contributed by atoms with Crippen LogP contribution in [0.2, 0.25) is 0 Å². The molecule has 1 amide bonds. The molecule has 23 heavy (non-hydrogen) atoms. The molecule has 1 aromatic rings. The molecule has 0 unspecified atom stereocenters. The third-order valence-corrected chi connectivity index (χ3v) is 4.41. The number of amides is 1. The molecule has 0 N–H and O–H groups in total. The van der Waals surface area contributed by atoms with Crippen molar-refractivity contribution in [3.63, 3.8) is 0 Å². The molecule has 0 aliphatic carbocycles. The highest BCUT2D eigenvalue weighted by Crippen LogP contribution is 2.31. The van der Waals surface area contributed by atoms with Gasteiger partial charge in [-0.3, -0.25) is 4.90 Å². The normalized spacial score (nSPS) is 21.1. The first-order chi connectivity index (χ1) is 10.9. The first kappa shape index (κ1) is 16.3. The second kappa shape index (κ2) is 6.13. The molecule has 0 saturated carbocycles. The molecule has 1 aromatic carbocycles. The summed E-state index contributed by atoms with van der Waals surface area (Å²) in [6.45, 7) is 10.2. The van der Waals surface area contributed by atoms with Gasteiger partial charge in [-0.1, -0.05) is 30.3 Å². The van der Waals surface area contributed by atoms with Gasteiger partial charge in [0.2, 0.25) is 0 Å². The van der Waals surface area contributed by atoms with Crippen molar-refractivity contribution in [1.82, 2.24) is 9.80 Å². The van der Waals surface area contributed by atoms with E-state index >= 15 is 0 Å². The van der Waals surface area contributed by atoms with E-state index in [9.17, 15) is 4.79 Å². The van der Waals surface area contributed by atoms with Crippen molar-refractivity contribution in [1.29, 1.82) is 0 Å². The molecule has 1 spiro atoms. The topological polar surface area (TPSA) is 42.0 Å². The zero-order valence-electron chi connectivity index (χ0n) is 14.2.